The van der Waals surface area contributed by atoms with Crippen molar-refractivity contribution in [2.75, 3.05) is 0 Å². The molecule has 2 rings (SSSR count). The predicted octanol–water partition coefficient (Wildman–Crippen LogP) is 3.69. The second kappa shape index (κ2) is 5.50. The number of aliphatic hydroxyl groups is 1. The molecule has 1 aromatic carbocycles. The van der Waals surface area contributed by atoms with Gasteiger partial charge in [0, 0.05) is 23.5 Å². The van der Waals surface area contributed by atoms with Gasteiger partial charge in [-0.3, -0.25) is 4.98 Å². The first kappa shape index (κ1) is 14.3. The van der Waals surface area contributed by atoms with Gasteiger partial charge in [0.25, 0.3) is 0 Å². The number of ether oxygens (including phenoxy) is 1. The molecule has 0 spiro atoms. The maximum absolute atomic E-state index is 12.4. The van der Waals surface area contributed by atoms with Crippen molar-refractivity contribution in [1.29, 1.82) is 0 Å². The molecule has 0 radical (unpaired) electrons. The van der Waals surface area contributed by atoms with Gasteiger partial charge in [0.05, 0.1) is 12.2 Å². The Morgan fingerprint density at radius 3 is 2.40 bits per heavy atom. The first-order chi connectivity index (χ1) is 9.40. The fourth-order valence-electron chi connectivity index (χ4n) is 1.62. The molecule has 0 saturated carbocycles. The monoisotopic (exact) mass is 283 g/mol. The second-order valence-electron chi connectivity index (χ2n) is 4.22. The topological polar surface area (TPSA) is 42.4 Å². The number of aryl methyl sites for hydroxylation is 1. The first-order valence-electron chi connectivity index (χ1n) is 5.81. The molecular formula is C14H12F3NO2. The summed E-state index contributed by atoms with van der Waals surface area (Å²) in [5, 5.41) is 9.17. The molecular weight excluding hydrogens is 271 g/mol. The van der Waals surface area contributed by atoms with Crippen molar-refractivity contribution >= 4 is 0 Å². The second-order valence-corrected chi connectivity index (χ2v) is 4.22. The Hall–Kier alpha value is -2.08. The van der Waals surface area contributed by atoms with Crippen LogP contribution in [0.2, 0.25) is 0 Å². The predicted molar refractivity (Wildman–Crippen MR) is 66.4 cm³/mol. The van der Waals surface area contributed by atoms with Crippen LogP contribution in [0.1, 0.15) is 16.8 Å². The average molecular weight is 283 g/mol. The summed E-state index contributed by atoms with van der Waals surface area (Å²) in [7, 11) is 0. The van der Waals surface area contributed by atoms with Crippen LogP contribution in [0, 0.1) is 6.92 Å². The lowest BCUT2D eigenvalue weighted by atomic mass is 10.2. The summed E-state index contributed by atoms with van der Waals surface area (Å²) in [4.78, 5) is 4.01. The zero-order valence-electron chi connectivity index (χ0n) is 10.6. The number of aliphatic hydroxyl groups excluding tert-OH is 1. The first-order valence-corrected chi connectivity index (χ1v) is 5.81. The van der Waals surface area contributed by atoms with E-state index in [-0.39, 0.29) is 12.4 Å². The fraction of sp³-hybridized carbons (Fsp3) is 0.214. The van der Waals surface area contributed by atoms with Crippen molar-refractivity contribution in [1.82, 2.24) is 4.98 Å². The molecule has 0 amide bonds. The molecule has 0 aliphatic rings. The van der Waals surface area contributed by atoms with Gasteiger partial charge in [0.15, 0.2) is 0 Å². The van der Waals surface area contributed by atoms with Crippen LogP contribution in [0.5, 0.6) is 11.5 Å². The molecule has 1 aromatic heterocycles. The van der Waals surface area contributed by atoms with E-state index >= 15 is 0 Å². The van der Waals surface area contributed by atoms with Crippen molar-refractivity contribution in [3.05, 3.63) is 53.3 Å². The zero-order valence-corrected chi connectivity index (χ0v) is 10.6. The molecule has 6 heteroatoms. The SMILES string of the molecule is Cc1cc(Oc2ccc(C(F)(F)F)cc2)c(CO)cn1. The van der Waals surface area contributed by atoms with Crippen molar-refractivity contribution < 1.29 is 23.0 Å². The summed E-state index contributed by atoms with van der Waals surface area (Å²) in [5.41, 5.74) is 0.415. The van der Waals surface area contributed by atoms with Crippen LogP contribution in [0.4, 0.5) is 13.2 Å². The van der Waals surface area contributed by atoms with Gasteiger partial charge >= 0.3 is 6.18 Å². The normalized spacial score (nSPS) is 11.4. The summed E-state index contributed by atoms with van der Waals surface area (Å²) >= 11 is 0. The molecule has 0 unspecified atom stereocenters. The van der Waals surface area contributed by atoms with E-state index in [1.165, 1.54) is 18.3 Å². The summed E-state index contributed by atoms with van der Waals surface area (Å²) in [6, 6.07) is 5.98. The molecule has 0 aliphatic carbocycles. The molecule has 0 bridgehead atoms. The minimum atomic E-state index is -4.37. The van der Waals surface area contributed by atoms with Crippen LogP contribution in [0.25, 0.3) is 0 Å². The molecule has 20 heavy (non-hydrogen) atoms. The van der Waals surface area contributed by atoms with E-state index in [0.29, 0.717) is 17.0 Å². The zero-order chi connectivity index (χ0) is 14.8. The quantitative estimate of drug-likeness (QED) is 0.934. The van der Waals surface area contributed by atoms with Crippen LogP contribution >= 0.6 is 0 Å². The Bertz CT molecular complexity index is 594. The van der Waals surface area contributed by atoms with E-state index < -0.39 is 11.7 Å². The third-order valence-electron chi connectivity index (χ3n) is 2.66. The maximum atomic E-state index is 12.4. The largest absolute Gasteiger partial charge is 0.457 e. The number of hydrogen-bond acceptors (Lipinski definition) is 3. The lowest BCUT2D eigenvalue weighted by Gasteiger charge is -2.11. The lowest BCUT2D eigenvalue weighted by Crippen LogP contribution is -2.04. The minimum Gasteiger partial charge on any atom is -0.457 e. The highest BCUT2D eigenvalue weighted by Gasteiger charge is 2.30. The van der Waals surface area contributed by atoms with Crippen LogP contribution in [0.15, 0.2) is 36.5 Å². The molecule has 106 valence electrons. The van der Waals surface area contributed by atoms with Gasteiger partial charge in [-0.15, -0.1) is 0 Å². The van der Waals surface area contributed by atoms with E-state index in [2.05, 4.69) is 4.98 Å². The van der Waals surface area contributed by atoms with Crippen molar-refractivity contribution in [2.45, 2.75) is 19.7 Å². The van der Waals surface area contributed by atoms with E-state index in [0.717, 1.165) is 12.1 Å². The van der Waals surface area contributed by atoms with Gasteiger partial charge in [0.1, 0.15) is 11.5 Å². The van der Waals surface area contributed by atoms with Crippen LogP contribution < -0.4 is 4.74 Å². The number of benzene rings is 1. The van der Waals surface area contributed by atoms with Gasteiger partial charge in [-0.25, -0.2) is 0 Å². The third kappa shape index (κ3) is 3.27. The Kier molecular flexibility index (Phi) is 3.94. The molecule has 0 atom stereocenters. The van der Waals surface area contributed by atoms with Gasteiger partial charge in [-0.05, 0) is 31.2 Å². The Labute approximate surface area is 113 Å². The minimum absolute atomic E-state index is 0.261. The molecule has 0 fully saturated rings. The maximum Gasteiger partial charge on any atom is 0.416 e. The fourth-order valence-corrected chi connectivity index (χ4v) is 1.62. The lowest BCUT2D eigenvalue weighted by molar-refractivity contribution is -0.137. The number of hydrogen-bond donors (Lipinski definition) is 1. The van der Waals surface area contributed by atoms with Crippen molar-refractivity contribution in [3.63, 3.8) is 0 Å². The van der Waals surface area contributed by atoms with E-state index in [1.54, 1.807) is 13.0 Å². The van der Waals surface area contributed by atoms with E-state index in [4.69, 9.17) is 9.84 Å². The smallest absolute Gasteiger partial charge is 0.416 e. The van der Waals surface area contributed by atoms with Crippen LogP contribution in [0.3, 0.4) is 0 Å². The summed E-state index contributed by atoms with van der Waals surface area (Å²) in [6.45, 7) is 1.49. The highest BCUT2D eigenvalue weighted by atomic mass is 19.4. The number of rotatable bonds is 3. The van der Waals surface area contributed by atoms with Crippen molar-refractivity contribution in [3.8, 4) is 11.5 Å². The third-order valence-corrected chi connectivity index (χ3v) is 2.66. The van der Waals surface area contributed by atoms with Crippen LogP contribution in [-0.2, 0) is 12.8 Å². The van der Waals surface area contributed by atoms with Gasteiger partial charge in [-0.2, -0.15) is 13.2 Å². The Morgan fingerprint density at radius 2 is 1.85 bits per heavy atom. The van der Waals surface area contributed by atoms with E-state index in [1.807, 2.05) is 0 Å². The number of aromatic nitrogens is 1. The average Bonchev–Trinajstić information content (AvgIpc) is 2.38. The van der Waals surface area contributed by atoms with Gasteiger partial charge in [0.2, 0.25) is 0 Å². The number of alkyl halides is 3. The van der Waals surface area contributed by atoms with E-state index in [9.17, 15) is 13.2 Å². The highest BCUT2D eigenvalue weighted by molar-refractivity contribution is 5.38. The number of pyridine rings is 1. The highest BCUT2D eigenvalue weighted by Crippen LogP contribution is 2.32. The standard InChI is InChI=1S/C14H12F3NO2/c1-9-6-13(10(8-19)7-18-9)20-12-4-2-11(3-5-12)14(15,16)17/h2-7,19H,8H2,1H3. The molecule has 3 nitrogen and oxygen atoms in total. The molecule has 1 N–H and O–H groups in total. The Balaban J connectivity index is 2.24. The molecule has 0 aliphatic heterocycles. The molecule has 0 saturated heterocycles. The van der Waals surface area contributed by atoms with Gasteiger partial charge < -0.3 is 9.84 Å². The number of nitrogens with zero attached hydrogens (tertiary/aromatic N) is 1. The molecule has 2 aromatic rings. The number of halogens is 3. The summed E-state index contributed by atoms with van der Waals surface area (Å²) in [5.74, 6) is 0.637. The summed E-state index contributed by atoms with van der Waals surface area (Å²) < 4.78 is 42.8. The van der Waals surface area contributed by atoms with Crippen LogP contribution in [-0.4, -0.2) is 10.1 Å². The van der Waals surface area contributed by atoms with Crippen molar-refractivity contribution in [2.24, 2.45) is 0 Å². The Morgan fingerprint density at radius 1 is 1.20 bits per heavy atom. The summed E-state index contributed by atoms with van der Waals surface area (Å²) in [6.07, 6.45) is -2.91. The van der Waals surface area contributed by atoms with Gasteiger partial charge in [-0.1, -0.05) is 0 Å². The molecule has 1 heterocycles.